The standard InChI is InChI=1S/C22H17N3O7/c26-16-12-18-23-21(15-6-8-17(9-7-15)31-10-11-32-25(29)30)20(14-4-2-1-3-5-14)22(28)24(18)19(27)13-16/h1-9,12-13,23,26H,10-11H2. The molecule has 0 amide bonds. The number of nitrogens with zero attached hydrogens (tertiary/aromatic N) is 2. The average molecular weight is 435 g/mol. The first-order valence-corrected chi connectivity index (χ1v) is 9.52. The lowest BCUT2D eigenvalue weighted by atomic mass is 10.00. The SMILES string of the molecule is O=c1cc(O)cc2[nH]c(-c3ccc(OCCO[N+](=O)[O-])cc3)c(-c3ccccc3)c(=O)n12. The molecule has 0 saturated carbocycles. The van der Waals surface area contributed by atoms with Crippen LogP contribution in [0.1, 0.15) is 0 Å². The number of pyridine rings is 1. The zero-order valence-electron chi connectivity index (χ0n) is 16.6. The molecule has 4 rings (SSSR count). The Hall–Kier alpha value is -4.60. The molecule has 162 valence electrons. The number of H-pyrrole nitrogens is 1. The largest absolute Gasteiger partial charge is 0.508 e. The van der Waals surface area contributed by atoms with E-state index in [1.54, 1.807) is 48.5 Å². The summed E-state index contributed by atoms with van der Waals surface area (Å²) in [5, 5.41) is 19.1. The van der Waals surface area contributed by atoms with Crippen LogP contribution in [-0.2, 0) is 4.84 Å². The first-order valence-electron chi connectivity index (χ1n) is 9.52. The van der Waals surface area contributed by atoms with Crippen LogP contribution in [0.3, 0.4) is 0 Å². The van der Waals surface area contributed by atoms with Gasteiger partial charge >= 0.3 is 0 Å². The molecule has 0 spiro atoms. The summed E-state index contributed by atoms with van der Waals surface area (Å²) in [4.78, 5) is 43.2. The summed E-state index contributed by atoms with van der Waals surface area (Å²) in [5.41, 5.74) is 0.962. The first-order chi connectivity index (χ1) is 15.4. The van der Waals surface area contributed by atoms with Crippen molar-refractivity contribution in [3.63, 3.8) is 0 Å². The first kappa shape index (κ1) is 20.7. The fourth-order valence-electron chi connectivity index (χ4n) is 3.35. The number of aromatic nitrogens is 2. The number of hydrogen-bond acceptors (Lipinski definition) is 7. The highest BCUT2D eigenvalue weighted by Crippen LogP contribution is 2.29. The molecule has 32 heavy (non-hydrogen) atoms. The minimum absolute atomic E-state index is 0.00933. The number of aromatic hydroxyl groups is 1. The molecule has 0 atom stereocenters. The van der Waals surface area contributed by atoms with E-state index in [-0.39, 0.29) is 24.6 Å². The Labute approximate surface area is 180 Å². The quantitative estimate of drug-likeness (QED) is 0.259. The van der Waals surface area contributed by atoms with Gasteiger partial charge in [0.15, 0.2) is 0 Å². The van der Waals surface area contributed by atoms with E-state index < -0.39 is 16.2 Å². The summed E-state index contributed by atoms with van der Waals surface area (Å²) in [6.07, 6.45) is 0. The van der Waals surface area contributed by atoms with Crippen LogP contribution in [0.2, 0.25) is 0 Å². The summed E-state index contributed by atoms with van der Waals surface area (Å²) in [5.74, 6) is 0.198. The second-order valence-corrected chi connectivity index (χ2v) is 6.75. The van der Waals surface area contributed by atoms with E-state index in [1.807, 2.05) is 6.07 Å². The second kappa shape index (κ2) is 8.64. The monoisotopic (exact) mass is 435 g/mol. The van der Waals surface area contributed by atoms with Crippen molar-refractivity contribution in [3.8, 4) is 33.9 Å². The van der Waals surface area contributed by atoms with Gasteiger partial charge in [-0.3, -0.25) is 9.59 Å². The summed E-state index contributed by atoms with van der Waals surface area (Å²) >= 11 is 0. The Morgan fingerprint density at radius 3 is 2.38 bits per heavy atom. The number of aromatic amines is 1. The number of fused-ring (bicyclic) bond motifs is 1. The van der Waals surface area contributed by atoms with E-state index in [9.17, 15) is 24.8 Å². The zero-order valence-corrected chi connectivity index (χ0v) is 16.6. The summed E-state index contributed by atoms with van der Waals surface area (Å²) < 4.78 is 6.38. The normalized spacial score (nSPS) is 10.8. The lowest BCUT2D eigenvalue weighted by Gasteiger charge is -2.13. The van der Waals surface area contributed by atoms with Gasteiger partial charge in [0.2, 0.25) is 0 Å². The second-order valence-electron chi connectivity index (χ2n) is 6.75. The van der Waals surface area contributed by atoms with Crippen LogP contribution in [0.4, 0.5) is 0 Å². The molecule has 0 fully saturated rings. The van der Waals surface area contributed by atoms with Crippen LogP contribution >= 0.6 is 0 Å². The van der Waals surface area contributed by atoms with Crippen molar-refractivity contribution in [2.24, 2.45) is 0 Å². The molecule has 2 aromatic carbocycles. The lowest BCUT2D eigenvalue weighted by molar-refractivity contribution is -0.757. The smallest absolute Gasteiger partial charge is 0.294 e. The molecule has 0 radical (unpaired) electrons. The Bertz CT molecular complexity index is 1390. The van der Waals surface area contributed by atoms with Crippen molar-refractivity contribution in [2.75, 3.05) is 13.2 Å². The fourth-order valence-corrected chi connectivity index (χ4v) is 3.35. The third kappa shape index (κ3) is 4.15. The van der Waals surface area contributed by atoms with E-state index in [2.05, 4.69) is 9.82 Å². The maximum atomic E-state index is 13.3. The molecule has 2 aromatic heterocycles. The Morgan fingerprint density at radius 2 is 1.69 bits per heavy atom. The van der Waals surface area contributed by atoms with E-state index in [0.29, 0.717) is 28.1 Å². The van der Waals surface area contributed by atoms with Gasteiger partial charge in [-0.1, -0.05) is 30.3 Å². The van der Waals surface area contributed by atoms with Gasteiger partial charge in [-0.2, -0.15) is 0 Å². The highest BCUT2D eigenvalue weighted by molar-refractivity contribution is 5.81. The van der Waals surface area contributed by atoms with E-state index in [1.165, 1.54) is 6.07 Å². The molecular formula is C22H17N3O7. The molecule has 4 aromatic rings. The zero-order chi connectivity index (χ0) is 22.7. The third-order valence-electron chi connectivity index (χ3n) is 4.69. The van der Waals surface area contributed by atoms with Crippen molar-refractivity contribution < 1.29 is 19.8 Å². The van der Waals surface area contributed by atoms with Crippen molar-refractivity contribution in [2.45, 2.75) is 0 Å². The van der Waals surface area contributed by atoms with Gasteiger partial charge in [0.25, 0.3) is 16.2 Å². The molecule has 0 aliphatic heterocycles. The van der Waals surface area contributed by atoms with Crippen LogP contribution in [0.25, 0.3) is 28.0 Å². The summed E-state index contributed by atoms with van der Waals surface area (Å²) in [6.45, 7) is -0.215. The van der Waals surface area contributed by atoms with Gasteiger partial charge in [0.1, 0.15) is 30.4 Å². The average Bonchev–Trinajstić information content (AvgIpc) is 2.77. The lowest BCUT2D eigenvalue weighted by Crippen LogP contribution is -2.28. The molecule has 0 bridgehead atoms. The van der Waals surface area contributed by atoms with Crippen LogP contribution < -0.4 is 15.9 Å². The predicted molar refractivity (Wildman–Crippen MR) is 115 cm³/mol. The van der Waals surface area contributed by atoms with Crippen LogP contribution in [0, 0.1) is 10.1 Å². The minimum Gasteiger partial charge on any atom is -0.508 e. The van der Waals surface area contributed by atoms with Gasteiger partial charge in [-0.15, -0.1) is 10.1 Å². The molecule has 0 aliphatic carbocycles. The Morgan fingerprint density at radius 1 is 0.969 bits per heavy atom. The number of nitrogens with one attached hydrogen (secondary N) is 1. The molecule has 2 heterocycles. The molecule has 0 unspecified atom stereocenters. The van der Waals surface area contributed by atoms with Gasteiger partial charge in [0, 0.05) is 12.1 Å². The van der Waals surface area contributed by atoms with Crippen LogP contribution in [-0.4, -0.2) is 32.8 Å². The number of ether oxygens (including phenoxy) is 1. The molecule has 10 nitrogen and oxygen atoms in total. The number of benzene rings is 2. The van der Waals surface area contributed by atoms with E-state index in [0.717, 1.165) is 10.5 Å². The number of rotatable bonds is 7. The molecule has 0 aliphatic rings. The van der Waals surface area contributed by atoms with Crippen molar-refractivity contribution in [1.29, 1.82) is 0 Å². The Balaban J connectivity index is 1.80. The molecule has 0 saturated heterocycles. The molecule has 10 heteroatoms. The summed E-state index contributed by atoms with van der Waals surface area (Å²) in [7, 11) is 0. The van der Waals surface area contributed by atoms with Gasteiger partial charge < -0.3 is 19.7 Å². The molecular weight excluding hydrogens is 418 g/mol. The van der Waals surface area contributed by atoms with Gasteiger partial charge in [0.05, 0.1) is 11.3 Å². The van der Waals surface area contributed by atoms with E-state index in [4.69, 9.17) is 4.74 Å². The number of hydrogen-bond donors (Lipinski definition) is 2. The van der Waals surface area contributed by atoms with Gasteiger partial charge in [-0.25, -0.2) is 4.40 Å². The van der Waals surface area contributed by atoms with E-state index >= 15 is 0 Å². The maximum absolute atomic E-state index is 13.3. The van der Waals surface area contributed by atoms with Crippen molar-refractivity contribution >= 4 is 5.65 Å². The highest BCUT2D eigenvalue weighted by Gasteiger charge is 2.17. The van der Waals surface area contributed by atoms with Gasteiger partial charge in [-0.05, 0) is 35.4 Å². The fraction of sp³-hybridized carbons (Fsp3) is 0.0909. The summed E-state index contributed by atoms with van der Waals surface area (Å²) in [6, 6.07) is 17.9. The topological polar surface area (TPSA) is 136 Å². The van der Waals surface area contributed by atoms with Crippen molar-refractivity contribution in [3.05, 3.63) is 97.6 Å². The predicted octanol–water partition coefficient (Wildman–Crippen LogP) is 2.61. The van der Waals surface area contributed by atoms with Crippen LogP contribution in [0.15, 0.2) is 76.3 Å². The third-order valence-corrected chi connectivity index (χ3v) is 4.69. The van der Waals surface area contributed by atoms with Crippen molar-refractivity contribution in [1.82, 2.24) is 9.38 Å². The molecule has 2 N–H and O–H groups in total. The highest BCUT2D eigenvalue weighted by atomic mass is 17.0. The maximum Gasteiger partial charge on any atom is 0.294 e. The van der Waals surface area contributed by atoms with Crippen LogP contribution in [0.5, 0.6) is 11.5 Å². The minimum atomic E-state index is -0.892. The Kier molecular flexibility index (Phi) is 5.58.